The number of halogens is 1. The molecule has 5 rings (SSSR count). The van der Waals surface area contributed by atoms with Gasteiger partial charge in [-0.05, 0) is 55.9 Å². The summed E-state index contributed by atoms with van der Waals surface area (Å²) < 4.78 is 20.8. The van der Waals surface area contributed by atoms with E-state index in [0.717, 1.165) is 35.7 Å². The highest BCUT2D eigenvalue weighted by molar-refractivity contribution is 7.98. The van der Waals surface area contributed by atoms with Crippen LogP contribution in [0.1, 0.15) is 44.5 Å². The van der Waals surface area contributed by atoms with Gasteiger partial charge in [0.2, 0.25) is 17.7 Å². The minimum absolute atomic E-state index is 0.286. The zero-order valence-electron chi connectivity index (χ0n) is 16.3. The highest BCUT2D eigenvalue weighted by Gasteiger charge is 2.32. The molecule has 1 aliphatic carbocycles. The van der Waals surface area contributed by atoms with Crippen molar-refractivity contribution in [2.75, 3.05) is 18.0 Å². The van der Waals surface area contributed by atoms with Crippen LogP contribution in [0.25, 0.3) is 11.4 Å². The standard InChI is InChI=1S/C20H23FN6OS/c1-13-8-10-26(11-9-13)19-23-24-20(27(19)16-6-7-16)29-12-17-22-18(25-28-17)14-2-4-15(21)5-3-14/h2-5,13,16H,6-12H2,1H3. The van der Waals surface area contributed by atoms with Crippen molar-refractivity contribution in [1.82, 2.24) is 24.9 Å². The number of aromatic nitrogens is 5. The number of anilines is 1. The van der Waals surface area contributed by atoms with Crippen molar-refractivity contribution in [3.8, 4) is 11.4 Å². The maximum atomic E-state index is 13.1. The molecule has 1 saturated carbocycles. The molecule has 0 radical (unpaired) electrons. The van der Waals surface area contributed by atoms with Gasteiger partial charge in [-0.2, -0.15) is 4.98 Å². The summed E-state index contributed by atoms with van der Waals surface area (Å²) in [5.74, 6) is 3.01. The second-order valence-electron chi connectivity index (χ2n) is 7.86. The zero-order chi connectivity index (χ0) is 19.8. The van der Waals surface area contributed by atoms with E-state index in [2.05, 4.69) is 36.7 Å². The smallest absolute Gasteiger partial charge is 0.237 e. The van der Waals surface area contributed by atoms with Crippen LogP contribution in [0.5, 0.6) is 0 Å². The zero-order valence-corrected chi connectivity index (χ0v) is 17.1. The Morgan fingerprint density at radius 2 is 1.86 bits per heavy atom. The van der Waals surface area contributed by atoms with E-state index in [1.807, 2.05) is 0 Å². The number of thioether (sulfide) groups is 1. The molecule has 3 heterocycles. The number of nitrogens with zero attached hydrogens (tertiary/aromatic N) is 6. The molecule has 2 aromatic heterocycles. The fourth-order valence-electron chi connectivity index (χ4n) is 3.60. The molecule has 9 heteroatoms. The predicted octanol–water partition coefficient (Wildman–Crippen LogP) is 4.33. The van der Waals surface area contributed by atoms with E-state index in [0.29, 0.717) is 23.5 Å². The molecule has 3 aromatic rings. The lowest BCUT2D eigenvalue weighted by molar-refractivity contribution is 0.391. The van der Waals surface area contributed by atoms with Gasteiger partial charge in [0.05, 0.1) is 5.75 Å². The van der Waals surface area contributed by atoms with Gasteiger partial charge in [-0.3, -0.25) is 4.57 Å². The van der Waals surface area contributed by atoms with Gasteiger partial charge in [0.1, 0.15) is 5.82 Å². The Morgan fingerprint density at radius 3 is 2.59 bits per heavy atom. The molecule has 7 nitrogen and oxygen atoms in total. The average molecular weight is 415 g/mol. The molecule has 2 fully saturated rings. The summed E-state index contributed by atoms with van der Waals surface area (Å²) in [6.07, 6.45) is 4.76. The highest BCUT2D eigenvalue weighted by atomic mass is 32.2. The van der Waals surface area contributed by atoms with Crippen LogP contribution in [-0.2, 0) is 5.75 Å². The largest absolute Gasteiger partial charge is 0.341 e. The summed E-state index contributed by atoms with van der Waals surface area (Å²) in [4.78, 5) is 6.80. The third kappa shape index (κ3) is 4.01. The quantitative estimate of drug-likeness (QED) is 0.556. The maximum Gasteiger partial charge on any atom is 0.237 e. The molecule has 1 aromatic carbocycles. The van der Waals surface area contributed by atoms with E-state index in [1.165, 1.54) is 37.8 Å². The van der Waals surface area contributed by atoms with E-state index in [-0.39, 0.29) is 5.82 Å². The number of piperidine rings is 1. The molecule has 0 amide bonds. The van der Waals surface area contributed by atoms with Crippen molar-refractivity contribution in [2.45, 2.75) is 49.6 Å². The van der Waals surface area contributed by atoms with Crippen LogP contribution in [0.15, 0.2) is 33.9 Å². The third-order valence-corrected chi connectivity index (χ3v) is 6.45. The van der Waals surface area contributed by atoms with Gasteiger partial charge in [-0.25, -0.2) is 4.39 Å². The van der Waals surface area contributed by atoms with Gasteiger partial charge in [-0.15, -0.1) is 10.2 Å². The summed E-state index contributed by atoms with van der Waals surface area (Å²) >= 11 is 1.57. The van der Waals surface area contributed by atoms with Crippen LogP contribution in [0, 0.1) is 11.7 Å². The van der Waals surface area contributed by atoms with Crippen molar-refractivity contribution >= 4 is 17.7 Å². The monoisotopic (exact) mass is 414 g/mol. The topological polar surface area (TPSA) is 72.9 Å². The van der Waals surface area contributed by atoms with Crippen LogP contribution in [0.4, 0.5) is 10.3 Å². The first kappa shape index (κ1) is 18.6. The van der Waals surface area contributed by atoms with Gasteiger partial charge in [0.25, 0.3) is 0 Å². The van der Waals surface area contributed by atoms with E-state index < -0.39 is 0 Å². The maximum absolute atomic E-state index is 13.1. The lowest BCUT2D eigenvalue weighted by atomic mass is 10.00. The molecular formula is C20H23FN6OS. The molecule has 1 saturated heterocycles. The second-order valence-corrected chi connectivity index (χ2v) is 8.80. The normalized spacial score (nSPS) is 17.8. The molecule has 0 spiro atoms. The summed E-state index contributed by atoms with van der Waals surface area (Å²) in [7, 11) is 0. The van der Waals surface area contributed by atoms with Crippen molar-refractivity contribution in [1.29, 1.82) is 0 Å². The molecule has 152 valence electrons. The summed E-state index contributed by atoms with van der Waals surface area (Å²) in [5, 5.41) is 13.9. The molecule has 0 unspecified atom stereocenters. The number of rotatable bonds is 6. The van der Waals surface area contributed by atoms with Crippen molar-refractivity contribution in [3.63, 3.8) is 0 Å². The number of hydrogen-bond donors (Lipinski definition) is 0. The Labute approximate surface area is 172 Å². The SMILES string of the molecule is CC1CCN(c2nnc(SCc3nc(-c4ccc(F)cc4)no3)n2C2CC2)CC1. The van der Waals surface area contributed by atoms with Crippen LogP contribution in [-0.4, -0.2) is 38.0 Å². The van der Waals surface area contributed by atoms with Gasteiger partial charge in [0, 0.05) is 24.7 Å². The Bertz CT molecular complexity index is 975. The Morgan fingerprint density at radius 1 is 1.10 bits per heavy atom. The summed E-state index contributed by atoms with van der Waals surface area (Å²) in [6, 6.07) is 6.57. The summed E-state index contributed by atoms with van der Waals surface area (Å²) in [6.45, 7) is 4.40. The van der Waals surface area contributed by atoms with Crippen LogP contribution in [0.2, 0.25) is 0 Å². The van der Waals surface area contributed by atoms with E-state index in [4.69, 9.17) is 4.52 Å². The highest BCUT2D eigenvalue weighted by Crippen LogP contribution is 2.42. The van der Waals surface area contributed by atoms with E-state index >= 15 is 0 Å². The Kier molecular flexibility index (Phi) is 4.99. The fourth-order valence-corrected chi connectivity index (χ4v) is 4.44. The lowest BCUT2D eigenvalue weighted by Crippen LogP contribution is -2.34. The minimum atomic E-state index is -0.286. The first-order valence-corrected chi connectivity index (χ1v) is 11.1. The second kappa shape index (κ2) is 7.78. The van der Waals surface area contributed by atoms with Crippen LogP contribution >= 0.6 is 11.8 Å². The molecule has 29 heavy (non-hydrogen) atoms. The average Bonchev–Trinajstić information content (AvgIpc) is 3.30. The molecule has 0 N–H and O–H groups in total. The van der Waals surface area contributed by atoms with Gasteiger partial charge < -0.3 is 9.42 Å². The van der Waals surface area contributed by atoms with Crippen LogP contribution < -0.4 is 4.90 Å². The van der Waals surface area contributed by atoms with Crippen molar-refractivity contribution in [2.24, 2.45) is 5.92 Å². The van der Waals surface area contributed by atoms with E-state index in [9.17, 15) is 4.39 Å². The van der Waals surface area contributed by atoms with Crippen LogP contribution in [0.3, 0.4) is 0 Å². The molecule has 2 aliphatic rings. The van der Waals surface area contributed by atoms with Gasteiger partial charge in [-0.1, -0.05) is 23.8 Å². The minimum Gasteiger partial charge on any atom is -0.341 e. The van der Waals surface area contributed by atoms with E-state index in [1.54, 1.807) is 23.9 Å². The van der Waals surface area contributed by atoms with Gasteiger partial charge >= 0.3 is 0 Å². The van der Waals surface area contributed by atoms with Gasteiger partial charge in [0.15, 0.2) is 5.16 Å². The number of benzene rings is 1. The predicted molar refractivity (Wildman–Crippen MR) is 108 cm³/mol. The molecule has 0 bridgehead atoms. The third-order valence-electron chi connectivity index (χ3n) is 5.52. The first-order valence-electron chi connectivity index (χ1n) is 10.1. The molecule has 0 atom stereocenters. The lowest BCUT2D eigenvalue weighted by Gasteiger charge is -2.31. The molecule has 1 aliphatic heterocycles. The fraction of sp³-hybridized carbons (Fsp3) is 0.500. The first-order chi connectivity index (χ1) is 14.2. The van der Waals surface area contributed by atoms with Crippen molar-refractivity contribution < 1.29 is 8.91 Å². The number of hydrogen-bond acceptors (Lipinski definition) is 7. The summed E-state index contributed by atoms with van der Waals surface area (Å²) in [5.41, 5.74) is 0.731. The Balaban J connectivity index is 1.29. The van der Waals surface area contributed by atoms with Crippen molar-refractivity contribution in [3.05, 3.63) is 36.0 Å². The Hall–Kier alpha value is -2.42. The molecular weight excluding hydrogens is 391 g/mol.